The molecule has 1 aromatic heterocycles. The van der Waals surface area contributed by atoms with Crippen molar-refractivity contribution in [2.24, 2.45) is 5.10 Å². The summed E-state index contributed by atoms with van der Waals surface area (Å²) in [6, 6.07) is 15.5. The summed E-state index contributed by atoms with van der Waals surface area (Å²) in [5.74, 6) is 0. The number of hydrogen-bond acceptors (Lipinski definition) is 8. The van der Waals surface area contributed by atoms with Crippen LogP contribution < -0.4 is 10.4 Å². The highest BCUT2D eigenvalue weighted by Gasteiger charge is 2.25. The number of hydrazone groups is 1. The Bertz CT molecular complexity index is 1670. The summed E-state index contributed by atoms with van der Waals surface area (Å²) < 4.78 is 25.6. The zero-order valence-electron chi connectivity index (χ0n) is 18.5. The fraction of sp³-hybridized carbons (Fsp3) is 0.0870. The van der Waals surface area contributed by atoms with Gasteiger partial charge in [0.15, 0.2) is 5.69 Å². The molecule has 0 aliphatic rings. The molecular formula is C23H18ClN5O6S. The number of aromatic nitrogens is 2. The van der Waals surface area contributed by atoms with Crippen molar-refractivity contribution in [3.8, 4) is 0 Å². The fourth-order valence-corrected chi connectivity index (χ4v) is 4.31. The Kier molecular flexibility index (Phi) is 6.84. The second kappa shape index (κ2) is 9.85. The number of hydrogen-bond donors (Lipinski definition) is 3. The van der Waals surface area contributed by atoms with E-state index in [1.807, 2.05) is 4.83 Å². The normalized spacial score (nSPS) is 12.9. The molecule has 0 fully saturated rings. The van der Waals surface area contributed by atoms with Gasteiger partial charge in [0, 0.05) is 17.2 Å². The molecule has 3 aromatic carbocycles. The highest BCUT2D eigenvalue weighted by atomic mass is 35.5. The van der Waals surface area contributed by atoms with Gasteiger partial charge < -0.3 is 10.1 Å². The number of benzene rings is 3. The van der Waals surface area contributed by atoms with E-state index in [0.29, 0.717) is 10.5 Å². The number of aromatic amines is 1. The van der Waals surface area contributed by atoms with Crippen molar-refractivity contribution < 1.29 is 18.4 Å². The van der Waals surface area contributed by atoms with Crippen LogP contribution >= 0.6 is 11.6 Å². The summed E-state index contributed by atoms with van der Waals surface area (Å²) in [5.41, 5.74) is -0.542. The number of sulfonamides is 1. The van der Waals surface area contributed by atoms with Crippen LogP contribution in [0.5, 0.6) is 0 Å². The van der Waals surface area contributed by atoms with Crippen LogP contribution in [0.3, 0.4) is 0 Å². The molecule has 3 N–H and O–H groups in total. The molecule has 1 atom stereocenters. The van der Waals surface area contributed by atoms with Gasteiger partial charge in [-0.2, -0.15) is 18.4 Å². The number of halogens is 1. The summed E-state index contributed by atoms with van der Waals surface area (Å²) in [6.07, 6.45) is -1.75. The highest BCUT2D eigenvalue weighted by Crippen LogP contribution is 2.23. The van der Waals surface area contributed by atoms with Gasteiger partial charge in [0.2, 0.25) is 0 Å². The number of aliphatic hydroxyl groups excluding tert-OH is 1. The second-order valence-electron chi connectivity index (χ2n) is 7.74. The second-order valence-corrected chi connectivity index (χ2v) is 9.83. The minimum atomic E-state index is -4.19. The molecule has 1 heterocycles. The Morgan fingerprint density at radius 2 is 1.89 bits per heavy atom. The number of aliphatic hydroxyl groups is 1. The predicted molar refractivity (Wildman–Crippen MR) is 133 cm³/mol. The first kappa shape index (κ1) is 25.0. The molecule has 4 aromatic rings. The molecule has 0 saturated carbocycles. The first-order valence-electron chi connectivity index (χ1n) is 10.3. The van der Waals surface area contributed by atoms with E-state index in [1.165, 1.54) is 48.5 Å². The lowest BCUT2D eigenvalue weighted by molar-refractivity contribution is -0.385. The molecule has 0 unspecified atom stereocenters. The number of aryl methyl sites for hydroxylation is 1. The van der Waals surface area contributed by atoms with Crippen molar-refractivity contribution >= 4 is 44.1 Å². The van der Waals surface area contributed by atoms with Crippen molar-refractivity contribution in [3.05, 3.63) is 109 Å². The van der Waals surface area contributed by atoms with Crippen molar-refractivity contribution in [1.82, 2.24) is 14.8 Å². The maximum absolute atomic E-state index is 12.9. The van der Waals surface area contributed by atoms with Crippen LogP contribution in [0, 0.1) is 17.0 Å². The van der Waals surface area contributed by atoms with Crippen molar-refractivity contribution in [2.75, 3.05) is 0 Å². The van der Waals surface area contributed by atoms with Crippen molar-refractivity contribution in [2.45, 2.75) is 17.9 Å². The Morgan fingerprint density at radius 3 is 2.58 bits per heavy atom. The highest BCUT2D eigenvalue weighted by molar-refractivity contribution is 7.89. The maximum Gasteiger partial charge on any atom is 0.276 e. The zero-order chi connectivity index (χ0) is 26.0. The first-order chi connectivity index (χ1) is 17.0. The third-order valence-corrected chi connectivity index (χ3v) is 6.63. The van der Waals surface area contributed by atoms with E-state index < -0.39 is 38.0 Å². The summed E-state index contributed by atoms with van der Waals surface area (Å²) in [4.78, 5) is 32.2. The molecule has 0 aliphatic carbocycles. The third-order valence-electron chi connectivity index (χ3n) is 5.17. The average molecular weight is 528 g/mol. The maximum atomic E-state index is 12.9. The SMILES string of the molecule is Cc1ccc(S(=O)(=O)N/N=C(\c2nc3ccc(Cl)cc3[nH]c2=O)[C@H](O)c2cccc([N+](=O)[O-])c2)cc1. The molecule has 0 bridgehead atoms. The van der Waals surface area contributed by atoms with E-state index in [2.05, 4.69) is 15.1 Å². The van der Waals surface area contributed by atoms with Crippen LogP contribution in [0.15, 0.2) is 81.5 Å². The average Bonchev–Trinajstić information content (AvgIpc) is 2.84. The predicted octanol–water partition coefficient (Wildman–Crippen LogP) is 3.21. The van der Waals surface area contributed by atoms with Gasteiger partial charge in [-0.15, -0.1) is 0 Å². The molecule has 0 saturated heterocycles. The summed E-state index contributed by atoms with van der Waals surface area (Å²) >= 11 is 5.97. The molecule has 4 rings (SSSR count). The first-order valence-corrected chi connectivity index (χ1v) is 12.2. The van der Waals surface area contributed by atoms with E-state index in [4.69, 9.17) is 11.6 Å². The Labute approximate surface area is 209 Å². The van der Waals surface area contributed by atoms with E-state index in [9.17, 15) is 28.4 Å². The molecule has 0 spiro atoms. The van der Waals surface area contributed by atoms with Crippen LogP contribution in [0.4, 0.5) is 5.69 Å². The standard InChI is InChI=1S/C23H18ClN5O6S/c1-13-5-8-17(9-6-13)36(34,35)28-27-20(22(30)14-3-2-4-16(11-14)29(32)33)21-23(31)26-19-12-15(24)7-10-18(19)25-21/h2-12,22,28,30H,1H3,(H,26,31)/b27-20+/t22-/m1/s1. The third kappa shape index (κ3) is 5.25. The molecule has 13 heteroatoms. The largest absolute Gasteiger partial charge is 0.382 e. The summed E-state index contributed by atoms with van der Waals surface area (Å²) in [5, 5.41) is 26.5. The van der Waals surface area contributed by atoms with E-state index in [0.717, 1.165) is 11.6 Å². The molecule has 0 aliphatic heterocycles. The molecule has 184 valence electrons. The van der Waals surface area contributed by atoms with Crippen LogP contribution in [0.2, 0.25) is 5.02 Å². The molecular weight excluding hydrogens is 510 g/mol. The quantitative estimate of drug-likeness (QED) is 0.188. The van der Waals surface area contributed by atoms with Gasteiger partial charge >= 0.3 is 0 Å². The van der Waals surface area contributed by atoms with Gasteiger partial charge in [-0.05, 0) is 42.8 Å². The number of nitro groups is 1. The van der Waals surface area contributed by atoms with Crippen molar-refractivity contribution in [3.63, 3.8) is 0 Å². The molecule has 0 amide bonds. The topological polar surface area (TPSA) is 168 Å². The van der Waals surface area contributed by atoms with Crippen LogP contribution in [0.25, 0.3) is 11.0 Å². The monoisotopic (exact) mass is 527 g/mol. The van der Waals surface area contributed by atoms with Crippen LogP contribution in [-0.2, 0) is 10.0 Å². The van der Waals surface area contributed by atoms with Gasteiger partial charge in [-0.1, -0.05) is 41.4 Å². The van der Waals surface area contributed by atoms with Crippen LogP contribution in [0.1, 0.15) is 22.9 Å². The van der Waals surface area contributed by atoms with Gasteiger partial charge in [-0.25, -0.2) is 4.98 Å². The number of nitrogens with one attached hydrogen (secondary N) is 2. The minimum Gasteiger partial charge on any atom is -0.382 e. The minimum absolute atomic E-state index is 0.00473. The van der Waals surface area contributed by atoms with Gasteiger partial charge in [-0.3, -0.25) is 14.9 Å². The van der Waals surface area contributed by atoms with Crippen molar-refractivity contribution in [1.29, 1.82) is 0 Å². The number of H-pyrrole nitrogens is 1. The fourth-order valence-electron chi connectivity index (χ4n) is 3.32. The van der Waals surface area contributed by atoms with Crippen LogP contribution in [-0.4, -0.2) is 34.1 Å². The lowest BCUT2D eigenvalue weighted by Gasteiger charge is -2.14. The number of fused-ring (bicyclic) bond motifs is 1. The number of nitro benzene ring substituents is 1. The Hall–Kier alpha value is -4.13. The van der Waals surface area contributed by atoms with Gasteiger partial charge in [0.05, 0.1) is 20.9 Å². The number of non-ortho nitro benzene ring substituents is 1. The van der Waals surface area contributed by atoms with E-state index in [-0.39, 0.29) is 21.7 Å². The zero-order valence-corrected chi connectivity index (χ0v) is 20.1. The van der Waals surface area contributed by atoms with Gasteiger partial charge in [0.25, 0.3) is 21.3 Å². The summed E-state index contributed by atoms with van der Waals surface area (Å²) in [6.45, 7) is 1.79. The molecule has 11 nitrogen and oxygen atoms in total. The lowest BCUT2D eigenvalue weighted by atomic mass is 10.0. The smallest absolute Gasteiger partial charge is 0.276 e. The van der Waals surface area contributed by atoms with E-state index >= 15 is 0 Å². The lowest BCUT2D eigenvalue weighted by Crippen LogP contribution is -2.29. The van der Waals surface area contributed by atoms with Gasteiger partial charge in [0.1, 0.15) is 11.8 Å². The number of rotatable bonds is 7. The number of nitrogens with zero attached hydrogens (tertiary/aromatic N) is 3. The molecule has 36 heavy (non-hydrogen) atoms. The Morgan fingerprint density at radius 1 is 1.17 bits per heavy atom. The molecule has 0 radical (unpaired) electrons. The van der Waals surface area contributed by atoms with E-state index in [1.54, 1.807) is 19.1 Å². The summed E-state index contributed by atoms with van der Waals surface area (Å²) in [7, 11) is -4.19. The Balaban J connectivity index is 1.85.